The zero-order valence-corrected chi connectivity index (χ0v) is 10.1. The first-order valence-electron chi connectivity index (χ1n) is 6.50. The highest BCUT2D eigenvalue weighted by atomic mass is 16.5. The largest absolute Gasteiger partial charge is 0.464 e. The summed E-state index contributed by atoms with van der Waals surface area (Å²) in [7, 11) is 0. The van der Waals surface area contributed by atoms with Gasteiger partial charge in [0.15, 0.2) is 0 Å². The lowest BCUT2D eigenvalue weighted by molar-refractivity contribution is -0.162. The van der Waals surface area contributed by atoms with Crippen LogP contribution in [0, 0.1) is 17.8 Å². The summed E-state index contributed by atoms with van der Waals surface area (Å²) in [4.78, 5) is 21.9. The van der Waals surface area contributed by atoms with Gasteiger partial charge in [0.05, 0.1) is 0 Å². The van der Waals surface area contributed by atoms with Gasteiger partial charge in [-0.05, 0) is 49.9 Å². The van der Waals surface area contributed by atoms with Crippen molar-refractivity contribution in [1.29, 1.82) is 0 Å². The summed E-state index contributed by atoms with van der Waals surface area (Å²) in [6.07, 6.45) is 5.52. The first-order chi connectivity index (χ1) is 8.12. The third kappa shape index (κ3) is 1.74. The van der Waals surface area contributed by atoms with E-state index >= 15 is 0 Å². The van der Waals surface area contributed by atoms with Crippen LogP contribution in [0.1, 0.15) is 39.0 Å². The first kappa shape index (κ1) is 11.1. The predicted molar refractivity (Wildman–Crippen MR) is 61.0 cm³/mol. The van der Waals surface area contributed by atoms with Gasteiger partial charge in [0.2, 0.25) is 5.91 Å². The Morgan fingerprint density at radius 3 is 2.47 bits per heavy atom. The van der Waals surface area contributed by atoms with Crippen molar-refractivity contribution in [1.82, 2.24) is 5.32 Å². The summed E-state index contributed by atoms with van der Waals surface area (Å²) in [6.45, 7) is 2.19. The molecule has 4 heteroatoms. The second-order valence-corrected chi connectivity index (χ2v) is 6.13. The Morgan fingerprint density at radius 2 is 1.94 bits per heavy atom. The number of amides is 1. The van der Waals surface area contributed by atoms with E-state index in [1.165, 1.54) is 0 Å². The maximum absolute atomic E-state index is 11.3. The Kier molecular flexibility index (Phi) is 2.42. The molecule has 2 atom stereocenters. The third-order valence-corrected chi connectivity index (χ3v) is 4.84. The Balaban J connectivity index is 1.81. The molecule has 4 bridgehead atoms. The molecule has 0 aromatic heterocycles. The number of hydrogen-bond donors (Lipinski definition) is 1. The standard InChI is InChI=1S/C13H19NO3/c1-8(16)14-13-4-9-2-10(5-13)12(17-7-15)11(3-9)6-13/h7,9-12H,2-6H2,1H3,(H,14,16). The van der Waals surface area contributed by atoms with E-state index in [0.29, 0.717) is 24.2 Å². The Labute approximate surface area is 101 Å². The molecular formula is C13H19NO3. The van der Waals surface area contributed by atoms with E-state index in [1.807, 2.05) is 0 Å². The highest BCUT2D eigenvalue weighted by Crippen LogP contribution is 2.56. The first-order valence-corrected chi connectivity index (χ1v) is 6.50. The zero-order chi connectivity index (χ0) is 12.0. The fourth-order valence-corrected chi connectivity index (χ4v) is 4.79. The molecule has 0 radical (unpaired) electrons. The minimum absolute atomic E-state index is 0.00504. The molecule has 1 amide bonds. The van der Waals surface area contributed by atoms with Gasteiger partial charge in [-0.3, -0.25) is 9.59 Å². The van der Waals surface area contributed by atoms with Crippen LogP contribution >= 0.6 is 0 Å². The molecule has 0 saturated heterocycles. The number of carbonyl (C=O) groups excluding carboxylic acids is 2. The summed E-state index contributed by atoms with van der Waals surface area (Å²) >= 11 is 0. The summed E-state index contributed by atoms with van der Waals surface area (Å²) in [6, 6.07) is 0. The fraction of sp³-hybridized carbons (Fsp3) is 0.846. The summed E-state index contributed by atoms with van der Waals surface area (Å²) in [5.74, 6) is 1.70. The number of nitrogens with one attached hydrogen (secondary N) is 1. The maximum Gasteiger partial charge on any atom is 0.293 e. The van der Waals surface area contributed by atoms with Gasteiger partial charge in [0, 0.05) is 12.5 Å². The average Bonchev–Trinajstić information content (AvgIpc) is 2.20. The third-order valence-electron chi connectivity index (χ3n) is 4.84. The van der Waals surface area contributed by atoms with E-state index in [2.05, 4.69) is 5.32 Å². The smallest absolute Gasteiger partial charge is 0.293 e. The van der Waals surface area contributed by atoms with Gasteiger partial charge in [0.1, 0.15) is 6.10 Å². The van der Waals surface area contributed by atoms with Gasteiger partial charge in [-0.1, -0.05) is 0 Å². The van der Waals surface area contributed by atoms with Crippen LogP contribution in [-0.4, -0.2) is 24.0 Å². The molecule has 4 nitrogen and oxygen atoms in total. The molecule has 94 valence electrons. The molecule has 4 rings (SSSR count). The molecule has 4 fully saturated rings. The molecule has 0 aromatic carbocycles. The van der Waals surface area contributed by atoms with Gasteiger partial charge in [-0.25, -0.2) is 0 Å². The molecule has 0 aliphatic heterocycles. The van der Waals surface area contributed by atoms with Crippen LogP contribution in [0.2, 0.25) is 0 Å². The van der Waals surface area contributed by atoms with E-state index in [0.717, 1.165) is 32.1 Å². The van der Waals surface area contributed by atoms with Gasteiger partial charge in [-0.2, -0.15) is 0 Å². The highest BCUT2D eigenvalue weighted by Gasteiger charge is 2.56. The molecule has 1 N–H and O–H groups in total. The molecular weight excluding hydrogens is 218 g/mol. The highest BCUT2D eigenvalue weighted by molar-refractivity contribution is 5.74. The van der Waals surface area contributed by atoms with Crippen LogP contribution in [0.4, 0.5) is 0 Å². The summed E-state index contributed by atoms with van der Waals surface area (Å²) in [5.41, 5.74) is 0.00504. The Bertz CT molecular complexity index is 339. The van der Waals surface area contributed by atoms with Crippen LogP contribution in [0.5, 0.6) is 0 Å². The number of ether oxygens (including phenoxy) is 1. The maximum atomic E-state index is 11.3. The van der Waals surface area contributed by atoms with E-state index in [1.54, 1.807) is 6.92 Å². The van der Waals surface area contributed by atoms with Crippen molar-refractivity contribution in [3.8, 4) is 0 Å². The molecule has 4 aliphatic carbocycles. The quantitative estimate of drug-likeness (QED) is 0.751. The number of rotatable bonds is 3. The van der Waals surface area contributed by atoms with Crippen LogP contribution < -0.4 is 5.32 Å². The lowest BCUT2D eigenvalue weighted by atomic mass is 9.51. The van der Waals surface area contributed by atoms with Crippen molar-refractivity contribution >= 4 is 12.4 Å². The minimum Gasteiger partial charge on any atom is -0.464 e. The van der Waals surface area contributed by atoms with Gasteiger partial charge < -0.3 is 10.1 Å². The van der Waals surface area contributed by atoms with Crippen molar-refractivity contribution in [2.45, 2.75) is 50.7 Å². The van der Waals surface area contributed by atoms with Crippen molar-refractivity contribution in [2.75, 3.05) is 0 Å². The average molecular weight is 237 g/mol. The van der Waals surface area contributed by atoms with Gasteiger partial charge in [0.25, 0.3) is 6.47 Å². The molecule has 4 aliphatic rings. The topological polar surface area (TPSA) is 55.4 Å². The monoisotopic (exact) mass is 237 g/mol. The second-order valence-electron chi connectivity index (χ2n) is 6.13. The van der Waals surface area contributed by atoms with Crippen LogP contribution in [0.3, 0.4) is 0 Å². The molecule has 0 heterocycles. The van der Waals surface area contributed by atoms with Crippen molar-refractivity contribution in [2.24, 2.45) is 17.8 Å². The van der Waals surface area contributed by atoms with Crippen molar-refractivity contribution in [3.63, 3.8) is 0 Å². The molecule has 2 unspecified atom stereocenters. The Hall–Kier alpha value is -1.06. The predicted octanol–water partition coefficient (Wildman–Crippen LogP) is 1.24. The zero-order valence-electron chi connectivity index (χ0n) is 10.1. The van der Waals surface area contributed by atoms with Gasteiger partial charge in [-0.15, -0.1) is 0 Å². The summed E-state index contributed by atoms with van der Waals surface area (Å²) < 4.78 is 5.28. The lowest BCUT2D eigenvalue weighted by Gasteiger charge is -2.59. The molecule has 0 spiro atoms. The van der Waals surface area contributed by atoms with E-state index < -0.39 is 0 Å². The van der Waals surface area contributed by atoms with Crippen molar-refractivity contribution < 1.29 is 14.3 Å². The Morgan fingerprint density at radius 1 is 1.29 bits per heavy atom. The van der Waals surface area contributed by atoms with Crippen LogP contribution in [0.25, 0.3) is 0 Å². The van der Waals surface area contributed by atoms with Gasteiger partial charge >= 0.3 is 0 Å². The molecule has 17 heavy (non-hydrogen) atoms. The summed E-state index contributed by atoms with van der Waals surface area (Å²) in [5, 5.41) is 3.17. The normalized spacial score (nSPS) is 46.6. The van der Waals surface area contributed by atoms with E-state index in [4.69, 9.17) is 4.74 Å². The van der Waals surface area contributed by atoms with E-state index in [9.17, 15) is 9.59 Å². The SMILES string of the molecule is CC(=O)NC12CC3CC(C1)C(OC=O)C(C3)C2. The van der Waals surface area contributed by atoms with Crippen LogP contribution in [0.15, 0.2) is 0 Å². The van der Waals surface area contributed by atoms with Crippen LogP contribution in [-0.2, 0) is 14.3 Å². The van der Waals surface area contributed by atoms with E-state index in [-0.39, 0.29) is 17.6 Å². The number of hydrogen-bond acceptors (Lipinski definition) is 3. The van der Waals surface area contributed by atoms with Crippen molar-refractivity contribution in [3.05, 3.63) is 0 Å². The molecule has 0 aromatic rings. The lowest BCUT2D eigenvalue weighted by Crippen LogP contribution is -2.63. The fourth-order valence-electron chi connectivity index (χ4n) is 4.79. The minimum atomic E-state index is 0.00504. The number of carbonyl (C=O) groups is 2. The second kappa shape index (κ2) is 3.72. The molecule has 4 saturated carbocycles.